The maximum atomic E-state index is 3.86. The van der Waals surface area contributed by atoms with Crippen molar-refractivity contribution in [2.45, 2.75) is 40.0 Å². The SMILES string of the molecule is C=C(C)C=CC(=CCC=CC)CCC. The summed E-state index contributed by atoms with van der Waals surface area (Å²) < 4.78 is 0. The first-order valence-electron chi connectivity index (χ1n) is 5.34. The second-order valence-corrected chi connectivity index (χ2v) is 3.51. The van der Waals surface area contributed by atoms with Crippen molar-refractivity contribution in [3.63, 3.8) is 0 Å². The van der Waals surface area contributed by atoms with Gasteiger partial charge in [-0.25, -0.2) is 0 Å². The van der Waals surface area contributed by atoms with E-state index in [2.05, 4.69) is 50.8 Å². The van der Waals surface area contributed by atoms with Crippen molar-refractivity contribution in [1.29, 1.82) is 0 Å². The van der Waals surface area contributed by atoms with Gasteiger partial charge in [-0.3, -0.25) is 0 Å². The van der Waals surface area contributed by atoms with Crippen LogP contribution in [0.1, 0.15) is 40.0 Å². The Morgan fingerprint density at radius 3 is 2.50 bits per heavy atom. The minimum Gasteiger partial charge on any atom is -0.0961 e. The van der Waals surface area contributed by atoms with Gasteiger partial charge in [0.25, 0.3) is 0 Å². The lowest BCUT2D eigenvalue weighted by Crippen LogP contribution is -1.78. The highest BCUT2D eigenvalue weighted by molar-refractivity contribution is 5.25. The van der Waals surface area contributed by atoms with Crippen LogP contribution >= 0.6 is 0 Å². The summed E-state index contributed by atoms with van der Waals surface area (Å²) in [6, 6.07) is 0. The largest absolute Gasteiger partial charge is 0.0961 e. The summed E-state index contributed by atoms with van der Waals surface area (Å²) >= 11 is 0. The Morgan fingerprint density at radius 2 is 2.00 bits per heavy atom. The van der Waals surface area contributed by atoms with Crippen LogP contribution < -0.4 is 0 Å². The fraction of sp³-hybridized carbons (Fsp3) is 0.429. The van der Waals surface area contributed by atoms with Gasteiger partial charge < -0.3 is 0 Å². The summed E-state index contributed by atoms with van der Waals surface area (Å²) in [4.78, 5) is 0. The predicted octanol–water partition coefficient (Wildman–Crippen LogP) is 4.81. The van der Waals surface area contributed by atoms with Gasteiger partial charge in [-0.2, -0.15) is 0 Å². The van der Waals surface area contributed by atoms with Gasteiger partial charge >= 0.3 is 0 Å². The monoisotopic (exact) mass is 190 g/mol. The van der Waals surface area contributed by atoms with E-state index in [4.69, 9.17) is 0 Å². The molecule has 78 valence electrons. The first kappa shape index (κ1) is 13.0. The Bertz CT molecular complexity index is 239. The molecule has 0 bridgehead atoms. The molecule has 0 heterocycles. The van der Waals surface area contributed by atoms with E-state index in [0.717, 1.165) is 18.4 Å². The molecule has 14 heavy (non-hydrogen) atoms. The molecule has 0 aromatic heterocycles. The van der Waals surface area contributed by atoms with E-state index in [0.29, 0.717) is 0 Å². The molecule has 0 rings (SSSR count). The number of rotatable bonds is 6. The molecule has 0 aliphatic carbocycles. The Balaban J connectivity index is 4.26. The third kappa shape index (κ3) is 7.60. The average molecular weight is 190 g/mol. The van der Waals surface area contributed by atoms with Gasteiger partial charge in [-0.05, 0) is 26.7 Å². The van der Waals surface area contributed by atoms with Crippen molar-refractivity contribution >= 4 is 0 Å². The first-order valence-corrected chi connectivity index (χ1v) is 5.34. The molecule has 0 N–H and O–H groups in total. The van der Waals surface area contributed by atoms with Crippen LogP contribution in [0.25, 0.3) is 0 Å². The molecule has 0 aliphatic rings. The minimum absolute atomic E-state index is 1.03. The molecule has 0 atom stereocenters. The zero-order valence-electron chi connectivity index (χ0n) is 9.72. The fourth-order valence-corrected chi connectivity index (χ4v) is 1.15. The Hall–Kier alpha value is -1.04. The third-order valence-corrected chi connectivity index (χ3v) is 1.87. The number of allylic oxidation sites excluding steroid dienone is 7. The molecule has 0 heteroatoms. The van der Waals surface area contributed by atoms with E-state index in [1.54, 1.807) is 0 Å². The average Bonchev–Trinajstić information content (AvgIpc) is 2.14. The first-order chi connectivity index (χ1) is 6.70. The van der Waals surface area contributed by atoms with Crippen LogP contribution in [0.4, 0.5) is 0 Å². The minimum atomic E-state index is 1.03. The summed E-state index contributed by atoms with van der Waals surface area (Å²) in [6.45, 7) is 10.1. The van der Waals surface area contributed by atoms with Gasteiger partial charge in [-0.1, -0.05) is 61.4 Å². The molecular weight excluding hydrogens is 168 g/mol. The lowest BCUT2D eigenvalue weighted by atomic mass is 10.1. The summed E-state index contributed by atoms with van der Waals surface area (Å²) in [7, 11) is 0. The molecule has 0 nitrogen and oxygen atoms in total. The molecule has 0 saturated heterocycles. The van der Waals surface area contributed by atoms with Gasteiger partial charge in [0, 0.05) is 0 Å². The van der Waals surface area contributed by atoms with Crippen LogP contribution in [0.15, 0.2) is 48.1 Å². The second-order valence-electron chi connectivity index (χ2n) is 3.51. The second kappa shape index (κ2) is 8.55. The van der Waals surface area contributed by atoms with Gasteiger partial charge in [0.15, 0.2) is 0 Å². The summed E-state index contributed by atoms with van der Waals surface area (Å²) in [5, 5.41) is 0. The predicted molar refractivity (Wildman–Crippen MR) is 66.4 cm³/mol. The fourth-order valence-electron chi connectivity index (χ4n) is 1.15. The Labute approximate surface area is 88.7 Å². The van der Waals surface area contributed by atoms with E-state index in [-0.39, 0.29) is 0 Å². The normalized spacial score (nSPS) is 12.9. The molecule has 0 saturated carbocycles. The van der Waals surface area contributed by atoms with E-state index >= 15 is 0 Å². The quantitative estimate of drug-likeness (QED) is 0.416. The zero-order valence-corrected chi connectivity index (χ0v) is 9.72. The van der Waals surface area contributed by atoms with Gasteiger partial charge in [-0.15, -0.1) is 0 Å². The van der Waals surface area contributed by atoms with Crippen LogP contribution in [0.3, 0.4) is 0 Å². The number of hydrogen-bond donors (Lipinski definition) is 0. The summed E-state index contributed by atoms with van der Waals surface area (Å²) in [5.74, 6) is 0. The van der Waals surface area contributed by atoms with Crippen LogP contribution in [0, 0.1) is 0 Å². The summed E-state index contributed by atoms with van der Waals surface area (Å²) in [6.07, 6.45) is 14.2. The van der Waals surface area contributed by atoms with E-state index in [1.807, 2.05) is 6.92 Å². The lowest BCUT2D eigenvalue weighted by Gasteiger charge is -1.98. The maximum Gasteiger partial charge on any atom is -0.0163 e. The van der Waals surface area contributed by atoms with Crippen LogP contribution in [0.5, 0.6) is 0 Å². The van der Waals surface area contributed by atoms with Crippen molar-refractivity contribution in [1.82, 2.24) is 0 Å². The van der Waals surface area contributed by atoms with Crippen molar-refractivity contribution in [2.24, 2.45) is 0 Å². The Morgan fingerprint density at radius 1 is 1.29 bits per heavy atom. The van der Waals surface area contributed by atoms with E-state index in [1.165, 1.54) is 12.0 Å². The molecule has 0 aromatic rings. The molecule has 0 aliphatic heterocycles. The smallest absolute Gasteiger partial charge is 0.0163 e. The van der Waals surface area contributed by atoms with Crippen LogP contribution in [-0.4, -0.2) is 0 Å². The zero-order chi connectivity index (χ0) is 10.8. The van der Waals surface area contributed by atoms with E-state index in [9.17, 15) is 0 Å². The van der Waals surface area contributed by atoms with E-state index < -0.39 is 0 Å². The summed E-state index contributed by atoms with van der Waals surface area (Å²) in [5.41, 5.74) is 2.52. The number of hydrogen-bond acceptors (Lipinski definition) is 0. The highest BCUT2D eigenvalue weighted by Gasteiger charge is 1.89. The molecule has 0 spiro atoms. The molecule has 0 aromatic carbocycles. The molecule has 0 amide bonds. The van der Waals surface area contributed by atoms with Gasteiger partial charge in [0.05, 0.1) is 0 Å². The van der Waals surface area contributed by atoms with Gasteiger partial charge in [0.2, 0.25) is 0 Å². The molecule has 0 unspecified atom stereocenters. The highest BCUT2D eigenvalue weighted by atomic mass is 13.9. The van der Waals surface area contributed by atoms with Crippen molar-refractivity contribution < 1.29 is 0 Å². The van der Waals surface area contributed by atoms with Gasteiger partial charge in [0.1, 0.15) is 0 Å². The topological polar surface area (TPSA) is 0 Å². The van der Waals surface area contributed by atoms with Crippen molar-refractivity contribution in [3.8, 4) is 0 Å². The molecule has 0 fully saturated rings. The Kier molecular flexibility index (Phi) is 7.92. The van der Waals surface area contributed by atoms with Crippen molar-refractivity contribution in [3.05, 3.63) is 48.1 Å². The maximum absolute atomic E-state index is 3.86. The van der Waals surface area contributed by atoms with Crippen LogP contribution in [-0.2, 0) is 0 Å². The molecular formula is C14H22. The molecule has 0 radical (unpaired) electrons. The standard InChI is InChI=1S/C14H22/c1-5-7-8-10-14(9-6-2)12-11-13(3)4/h5,7,10-12H,3,6,8-9H2,1-2,4H3. The lowest BCUT2D eigenvalue weighted by molar-refractivity contribution is 0.920. The third-order valence-electron chi connectivity index (χ3n) is 1.87. The van der Waals surface area contributed by atoms with Crippen LogP contribution in [0.2, 0.25) is 0 Å². The van der Waals surface area contributed by atoms with Crippen molar-refractivity contribution in [2.75, 3.05) is 0 Å². The highest BCUT2D eigenvalue weighted by Crippen LogP contribution is 2.09.